The third-order valence-electron chi connectivity index (χ3n) is 2.11. The molecule has 0 atom stereocenters. The van der Waals surface area contributed by atoms with Gasteiger partial charge in [-0.3, -0.25) is 9.59 Å². The lowest BCUT2D eigenvalue weighted by Crippen LogP contribution is -2.14. The van der Waals surface area contributed by atoms with Gasteiger partial charge in [0.1, 0.15) is 11.2 Å². The van der Waals surface area contributed by atoms with Crippen LogP contribution in [-0.4, -0.2) is 20.9 Å². The van der Waals surface area contributed by atoms with Crippen LogP contribution in [0.4, 0.5) is 0 Å². The van der Waals surface area contributed by atoms with Crippen molar-refractivity contribution in [3.63, 3.8) is 0 Å². The summed E-state index contributed by atoms with van der Waals surface area (Å²) in [6, 6.07) is 3.14. The standard InChI is InChI=1S/C10H8N2O3/c1-5(13)7-8(14)6-3-2-4-11-9(6)12-10(7)15/h2-4H,1H3,(H2,11,12,14,15). The number of aromatic nitrogens is 2. The van der Waals surface area contributed by atoms with E-state index < -0.39 is 17.1 Å². The van der Waals surface area contributed by atoms with Crippen molar-refractivity contribution >= 4 is 16.8 Å². The van der Waals surface area contributed by atoms with E-state index in [2.05, 4.69) is 9.97 Å². The molecule has 0 aliphatic heterocycles. The molecule has 2 aromatic heterocycles. The topological polar surface area (TPSA) is 83.0 Å². The Morgan fingerprint density at radius 2 is 2.27 bits per heavy atom. The molecule has 2 N–H and O–H groups in total. The van der Waals surface area contributed by atoms with Crippen molar-refractivity contribution < 1.29 is 9.90 Å². The molecular formula is C10H8N2O3. The second kappa shape index (κ2) is 3.20. The van der Waals surface area contributed by atoms with Gasteiger partial charge in [0.2, 0.25) is 11.3 Å². The fourth-order valence-electron chi connectivity index (χ4n) is 1.43. The van der Waals surface area contributed by atoms with Crippen molar-refractivity contribution in [1.29, 1.82) is 0 Å². The van der Waals surface area contributed by atoms with Crippen LogP contribution in [0.15, 0.2) is 23.1 Å². The molecule has 2 aromatic rings. The summed E-state index contributed by atoms with van der Waals surface area (Å²) < 4.78 is 0. The normalized spacial score (nSPS) is 10.5. The molecule has 0 aromatic carbocycles. The number of aromatic hydroxyl groups is 1. The van der Waals surface area contributed by atoms with Gasteiger partial charge in [-0.25, -0.2) is 4.98 Å². The molecule has 0 aliphatic rings. The fraction of sp³-hybridized carbons (Fsp3) is 0.100. The third-order valence-corrected chi connectivity index (χ3v) is 2.11. The van der Waals surface area contributed by atoms with Crippen LogP contribution in [0.25, 0.3) is 11.0 Å². The second-order valence-corrected chi connectivity index (χ2v) is 3.13. The van der Waals surface area contributed by atoms with Gasteiger partial charge in [0.25, 0.3) is 0 Å². The molecule has 2 heterocycles. The zero-order valence-corrected chi connectivity index (χ0v) is 7.94. The summed E-state index contributed by atoms with van der Waals surface area (Å²) in [5, 5.41) is 9.74. The lowest BCUT2D eigenvalue weighted by molar-refractivity contribution is 0.101. The summed E-state index contributed by atoms with van der Waals surface area (Å²) in [6.45, 7) is 1.23. The van der Waals surface area contributed by atoms with Gasteiger partial charge < -0.3 is 10.1 Å². The van der Waals surface area contributed by atoms with Crippen LogP contribution in [0.3, 0.4) is 0 Å². The molecule has 0 amide bonds. The quantitative estimate of drug-likeness (QED) is 0.674. The smallest absolute Gasteiger partial charge is 0.205 e. The number of nitrogens with one attached hydrogen (secondary N) is 1. The van der Waals surface area contributed by atoms with E-state index in [0.29, 0.717) is 5.39 Å². The first-order valence-electron chi connectivity index (χ1n) is 4.32. The van der Waals surface area contributed by atoms with Crippen LogP contribution in [0.1, 0.15) is 17.3 Å². The minimum absolute atomic E-state index is 0.226. The highest BCUT2D eigenvalue weighted by Crippen LogP contribution is 2.14. The Labute approximate surface area is 84.4 Å². The van der Waals surface area contributed by atoms with Crippen LogP contribution >= 0.6 is 0 Å². The fourth-order valence-corrected chi connectivity index (χ4v) is 1.43. The zero-order valence-electron chi connectivity index (χ0n) is 7.94. The summed E-state index contributed by atoms with van der Waals surface area (Å²) in [6.07, 6.45) is 1.49. The molecule has 0 fully saturated rings. The second-order valence-electron chi connectivity index (χ2n) is 3.13. The van der Waals surface area contributed by atoms with Crippen LogP contribution < -0.4 is 5.43 Å². The maximum Gasteiger partial charge on any atom is 0.205 e. The van der Waals surface area contributed by atoms with Crippen molar-refractivity contribution in [2.75, 3.05) is 0 Å². The Balaban J connectivity index is 2.97. The molecule has 5 nitrogen and oxygen atoms in total. The average molecular weight is 204 g/mol. The maximum absolute atomic E-state index is 11.7. The van der Waals surface area contributed by atoms with Gasteiger partial charge in [0.05, 0.1) is 5.39 Å². The number of hydrogen-bond acceptors (Lipinski definition) is 4. The van der Waals surface area contributed by atoms with Crippen molar-refractivity contribution in [2.45, 2.75) is 6.92 Å². The van der Waals surface area contributed by atoms with Crippen LogP contribution in [0.5, 0.6) is 5.88 Å². The summed E-state index contributed by atoms with van der Waals surface area (Å²) in [5.41, 5.74) is -0.456. The largest absolute Gasteiger partial charge is 0.494 e. The minimum atomic E-state index is -0.498. The average Bonchev–Trinajstić information content (AvgIpc) is 2.17. The highest BCUT2D eigenvalue weighted by molar-refractivity contribution is 5.98. The number of fused-ring (bicyclic) bond motifs is 1. The van der Waals surface area contributed by atoms with Crippen LogP contribution in [-0.2, 0) is 0 Å². The molecule has 0 saturated heterocycles. The number of carbonyl (C=O) groups is 1. The molecule has 0 aliphatic carbocycles. The molecule has 0 bridgehead atoms. The number of aromatic amines is 1. The van der Waals surface area contributed by atoms with Gasteiger partial charge in [0, 0.05) is 6.20 Å². The van der Waals surface area contributed by atoms with Crippen molar-refractivity contribution in [3.8, 4) is 5.88 Å². The van der Waals surface area contributed by atoms with E-state index in [1.54, 1.807) is 12.1 Å². The molecular weight excluding hydrogens is 196 g/mol. The Morgan fingerprint density at radius 1 is 1.53 bits per heavy atom. The van der Waals surface area contributed by atoms with Gasteiger partial charge >= 0.3 is 0 Å². The van der Waals surface area contributed by atoms with Gasteiger partial charge in [-0.15, -0.1) is 0 Å². The van der Waals surface area contributed by atoms with Crippen LogP contribution in [0.2, 0.25) is 0 Å². The number of H-pyrrole nitrogens is 1. The number of carbonyl (C=O) groups excluding carboxylic acids is 1. The molecule has 0 saturated carbocycles. The van der Waals surface area contributed by atoms with E-state index in [1.165, 1.54) is 13.1 Å². The van der Waals surface area contributed by atoms with Gasteiger partial charge in [-0.2, -0.15) is 0 Å². The summed E-state index contributed by atoms with van der Waals surface area (Å²) in [7, 11) is 0. The van der Waals surface area contributed by atoms with E-state index in [4.69, 9.17) is 0 Å². The predicted molar refractivity (Wildman–Crippen MR) is 54.0 cm³/mol. The molecule has 0 radical (unpaired) electrons. The lowest BCUT2D eigenvalue weighted by Gasteiger charge is -2.02. The molecule has 76 valence electrons. The number of pyridine rings is 2. The van der Waals surface area contributed by atoms with E-state index in [9.17, 15) is 14.7 Å². The van der Waals surface area contributed by atoms with Gasteiger partial charge in [0.15, 0.2) is 5.78 Å². The highest BCUT2D eigenvalue weighted by Gasteiger charge is 2.15. The molecule has 0 unspecified atom stereocenters. The first kappa shape index (κ1) is 9.39. The predicted octanol–water partition coefficient (Wildman–Crippen LogP) is 0.831. The molecule has 5 heteroatoms. The number of hydrogen-bond donors (Lipinski definition) is 2. The number of Topliss-reactive ketones (excluding diaryl/α,β-unsaturated/α-hetero) is 1. The van der Waals surface area contributed by atoms with E-state index in [-0.39, 0.29) is 11.2 Å². The van der Waals surface area contributed by atoms with Gasteiger partial charge in [-0.1, -0.05) is 0 Å². The highest BCUT2D eigenvalue weighted by atomic mass is 16.3. The van der Waals surface area contributed by atoms with E-state index in [1.807, 2.05) is 0 Å². The van der Waals surface area contributed by atoms with E-state index in [0.717, 1.165) is 0 Å². The summed E-state index contributed by atoms with van der Waals surface area (Å²) >= 11 is 0. The number of nitrogens with zero attached hydrogens (tertiary/aromatic N) is 1. The Bertz CT molecular complexity index is 601. The van der Waals surface area contributed by atoms with Crippen LogP contribution in [0, 0.1) is 0 Å². The minimum Gasteiger partial charge on any atom is -0.494 e. The Morgan fingerprint density at radius 3 is 2.93 bits per heavy atom. The molecule has 0 spiro atoms. The lowest BCUT2D eigenvalue weighted by atomic mass is 10.1. The van der Waals surface area contributed by atoms with Crippen molar-refractivity contribution in [2.24, 2.45) is 0 Å². The molecule has 2 rings (SSSR count). The maximum atomic E-state index is 11.7. The van der Waals surface area contributed by atoms with E-state index >= 15 is 0 Å². The zero-order chi connectivity index (χ0) is 11.0. The number of rotatable bonds is 1. The Kier molecular flexibility index (Phi) is 2.00. The van der Waals surface area contributed by atoms with Crippen molar-refractivity contribution in [1.82, 2.24) is 9.97 Å². The summed E-state index contributed by atoms with van der Waals surface area (Å²) in [4.78, 5) is 29.3. The summed E-state index contributed by atoms with van der Waals surface area (Å²) in [5.74, 6) is -0.904. The molecule has 15 heavy (non-hydrogen) atoms. The monoisotopic (exact) mass is 204 g/mol. The number of ketones is 1. The SMILES string of the molecule is CC(=O)c1c(O)[nH]c2ncccc2c1=O. The first-order valence-corrected chi connectivity index (χ1v) is 4.32. The third kappa shape index (κ3) is 1.38. The Hall–Kier alpha value is -2.17. The first-order chi connectivity index (χ1) is 7.11. The van der Waals surface area contributed by atoms with Gasteiger partial charge in [-0.05, 0) is 19.1 Å². The van der Waals surface area contributed by atoms with Crippen molar-refractivity contribution in [3.05, 3.63) is 34.1 Å².